The van der Waals surface area contributed by atoms with Crippen LogP contribution in [0.5, 0.6) is 5.88 Å². The summed E-state index contributed by atoms with van der Waals surface area (Å²) in [6.45, 7) is 0.803. The van der Waals surface area contributed by atoms with Crippen LogP contribution in [0.25, 0.3) is 22.8 Å². The molecule has 1 aliphatic rings. The molecular weight excluding hydrogens is 497 g/mol. The van der Waals surface area contributed by atoms with Crippen molar-refractivity contribution in [2.75, 3.05) is 19.0 Å². The van der Waals surface area contributed by atoms with E-state index in [1.807, 2.05) is 0 Å². The topological polar surface area (TPSA) is 94.7 Å². The molecule has 3 aromatic heterocycles. The summed E-state index contributed by atoms with van der Waals surface area (Å²) in [5, 5.41) is 0. The monoisotopic (exact) mass is 527 g/mol. The van der Waals surface area contributed by atoms with Gasteiger partial charge in [-0.2, -0.15) is 18.2 Å². The fourth-order valence-electron chi connectivity index (χ4n) is 4.10. The zero-order valence-corrected chi connectivity index (χ0v) is 20.9. The van der Waals surface area contributed by atoms with E-state index in [1.165, 1.54) is 24.3 Å². The first-order valence-electron chi connectivity index (χ1n) is 13.5. The molecule has 198 valence electrons. The zero-order valence-electron chi connectivity index (χ0n) is 23.9. The maximum atomic E-state index is 13.3. The van der Waals surface area contributed by atoms with Crippen LogP contribution in [-0.2, 0) is 12.7 Å². The first-order valence-corrected chi connectivity index (χ1v) is 12.0. The number of nitrogens with zero attached hydrogens (tertiary/aromatic N) is 8. The number of hydrogen-bond donors (Lipinski definition) is 0. The van der Waals surface area contributed by atoms with Crippen LogP contribution in [0.4, 0.5) is 19.1 Å². The van der Waals surface area contributed by atoms with E-state index in [0.29, 0.717) is 16.7 Å². The predicted molar refractivity (Wildman–Crippen MR) is 135 cm³/mol. The van der Waals surface area contributed by atoms with E-state index in [0.717, 1.165) is 29.6 Å². The lowest BCUT2D eigenvalue weighted by Crippen LogP contribution is -2.19. The molecule has 0 amide bonds. The molecule has 1 saturated carbocycles. The fourth-order valence-corrected chi connectivity index (χ4v) is 4.10. The molecule has 1 fully saturated rings. The highest BCUT2D eigenvalue weighted by Crippen LogP contribution is 2.44. The first kappa shape index (κ1) is 21.9. The fraction of sp³-hybridized carbons (Fsp3) is 0.385. The number of rotatable bonds is 8. The maximum Gasteiger partial charge on any atom is 0.434 e. The number of methoxy groups -OCH3 is 1. The highest BCUT2D eigenvalue weighted by atomic mass is 19.4. The third kappa shape index (κ3) is 5.15. The number of anilines is 1. The van der Waals surface area contributed by atoms with E-state index in [-0.39, 0.29) is 42.0 Å². The Bertz CT molecular complexity index is 1540. The Morgan fingerprint density at radius 3 is 2.45 bits per heavy atom. The molecule has 0 aliphatic heterocycles. The summed E-state index contributed by atoms with van der Waals surface area (Å²) >= 11 is 0. The molecule has 0 N–H and O–H groups in total. The molecule has 0 radical (unpaired) electrons. The summed E-state index contributed by atoms with van der Waals surface area (Å²) in [5.41, 5.74) is 1.29. The van der Waals surface area contributed by atoms with Crippen molar-refractivity contribution in [1.29, 1.82) is 0 Å². The van der Waals surface area contributed by atoms with Crippen LogP contribution in [0.1, 0.15) is 59.7 Å². The molecular formula is C26H27F3N8O. The smallest absolute Gasteiger partial charge is 0.434 e. The van der Waals surface area contributed by atoms with Crippen molar-refractivity contribution in [1.82, 2.24) is 34.5 Å². The number of halogens is 3. The Hall–Kier alpha value is -4.09. The van der Waals surface area contributed by atoms with Crippen LogP contribution in [0.3, 0.4) is 0 Å². The second-order valence-corrected chi connectivity index (χ2v) is 9.26. The SMILES string of the molecule is [2H]C([2H])([2H])N(Cc1ccc(-c2nc(C(F)(F)F)cn2C(C)C)cc1)c1ncnc(-c2c(OC)ncnc2C2CC2)n1. The quantitative estimate of drug-likeness (QED) is 0.304. The number of imidazole rings is 1. The highest BCUT2D eigenvalue weighted by molar-refractivity contribution is 5.66. The van der Waals surface area contributed by atoms with Crippen molar-refractivity contribution in [3.8, 4) is 28.7 Å². The minimum atomic E-state index is -4.58. The minimum absolute atomic E-state index is 0.0862. The number of hydrogen-bond acceptors (Lipinski definition) is 8. The van der Waals surface area contributed by atoms with Crippen molar-refractivity contribution < 1.29 is 22.0 Å². The molecule has 9 nitrogen and oxygen atoms in total. The van der Waals surface area contributed by atoms with Gasteiger partial charge in [0.15, 0.2) is 11.5 Å². The van der Waals surface area contributed by atoms with Crippen molar-refractivity contribution >= 4 is 5.95 Å². The summed E-state index contributed by atoms with van der Waals surface area (Å²) in [7, 11) is 1.47. The third-order valence-corrected chi connectivity index (χ3v) is 6.16. The molecule has 0 bridgehead atoms. The number of aromatic nitrogens is 7. The lowest BCUT2D eigenvalue weighted by atomic mass is 10.1. The van der Waals surface area contributed by atoms with Gasteiger partial charge in [0.1, 0.15) is 24.0 Å². The van der Waals surface area contributed by atoms with Gasteiger partial charge in [-0.1, -0.05) is 24.3 Å². The van der Waals surface area contributed by atoms with Gasteiger partial charge in [-0.25, -0.2) is 24.9 Å². The average Bonchev–Trinajstić information content (AvgIpc) is 3.67. The molecule has 0 unspecified atom stereocenters. The largest absolute Gasteiger partial charge is 0.480 e. The molecule has 0 saturated heterocycles. The van der Waals surface area contributed by atoms with Crippen molar-refractivity contribution in [3.05, 3.63) is 60.1 Å². The van der Waals surface area contributed by atoms with Crippen molar-refractivity contribution in [3.63, 3.8) is 0 Å². The Labute approximate surface area is 222 Å². The third-order valence-electron chi connectivity index (χ3n) is 6.16. The van der Waals surface area contributed by atoms with Crippen LogP contribution >= 0.6 is 0 Å². The first-order chi connectivity index (χ1) is 19.4. The van der Waals surface area contributed by atoms with Crippen LogP contribution in [0.2, 0.25) is 0 Å². The van der Waals surface area contributed by atoms with E-state index in [9.17, 15) is 13.2 Å². The van der Waals surface area contributed by atoms with Gasteiger partial charge in [0.2, 0.25) is 11.8 Å². The lowest BCUT2D eigenvalue weighted by molar-refractivity contribution is -0.140. The summed E-state index contributed by atoms with van der Waals surface area (Å²) < 4.78 is 71.3. The molecule has 1 aromatic carbocycles. The van der Waals surface area contributed by atoms with Gasteiger partial charge in [0.05, 0.1) is 12.8 Å². The van der Waals surface area contributed by atoms with Gasteiger partial charge in [-0.3, -0.25) is 0 Å². The predicted octanol–water partition coefficient (Wildman–Crippen LogP) is 5.31. The second kappa shape index (κ2) is 9.99. The standard InChI is InChI=1S/C26H27F3N8O/c1-15(2)37-12-19(26(27,28)29)34-23(37)18-7-5-16(6-8-18)11-36(3)25-33-14-31-22(35-25)20-21(17-9-10-17)30-13-32-24(20)38-4/h5-8,12-15,17H,9-11H2,1-4H3/i3D3. The van der Waals surface area contributed by atoms with E-state index in [1.54, 1.807) is 38.1 Å². The maximum absolute atomic E-state index is 13.3. The van der Waals surface area contributed by atoms with Gasteiger partial charge in [-0.05, 0) is 32.3 Å². The van der Waals surface area contributed by atoms with Gasteiger partial charge < -0.3 is 14.2 Å². The highest BCUT2D eigenvalue weighted by Gasteiger charge is 2.35. The summed E-state index contributed by atoms with van der Waals surface area (Å²) in [6, 6.07) is 6.25. The van der Waals surface area contributed by atoms with E-state index in [4.69, 9.17) is 8.85 Å². The number of alkyl halides is 3. The van der Waals surface area contributed by atoms with Crippen LogP contribution in [0.15, 0.2) is 43.1 Å². The van der Waals surface area contributed by atoms with Gasteiger partial charge >= 0.3 is 6.18 Å². The second-order valence-electron chi connectivity index (χ2n) is 9.26. The lowest BCUT2D eigenvalue weighted by Gasteiger charge is -2.18. The molecule has 0 spiro atoms. The van der Waals surface area contributed by atoms with Crippen LogP contribution in [0, 0.1) is 0 Å². The summed E-state index contributed by atoms with van der Waals surface area (Å²) in [5.74, 6) is 0.775. The van der Waals surface area contributed by atoms with Crippen LogP contribution < -0.4 is 9.64 Å². The van der Waals surface area contributed by atoms with Crippen molar-refractivity contribution in [2.24, 2.45) is 0 Å². The van der Waals surface area contributed by atoms with E-state index < -0.39 is 18.8 Å². The van der Waals surface area contributed by atoms with E-state index in [2.05, 4.69) is 29.9 Å². The Morgan fingerprint density at radius 2 is 1.82 bits per heavy atom. The molecule has 12 heteroatoms. The normalized spacial score (nSPS) is 15.2. The van der Waals surface area contributed by atoms with Crippen LogP contribution in [-0.4, -0.2) is 48.6 Å². The Morgan fingerprint density at radius 1 is 1.08 bits per heavy atom. The Kier molecular flexibility index (Phi) is 5.77. The Balaban J connectivity index is 1.46. The number of ether oxygens (including phenoxy) is 1. The summed E-state index contributed by atoms with van der Waals surface area (Å²) in [6.07, 6.45) is 0.966. The molecule has 3 heterocycles. The molecule has 38 heavy (non-hydrogen) atoms. The van der Waals surface area contributed by atoms with Gasteiger partial charge in [0, 0.05) is 41.4 Å². The molecule has 4 aromatic rings. The summed E-state index contributed by atoms with van der Waals surface area (Å²) in [4.78, 5) is 26.3. The van der Waals surface area contributed by atoms with Crippen molar-refractivity contribution in [2.45, 2.75) is 51.4 Å². The average molecular weight is 528 g/mol. The molecule has 1 aliphatic carbocycles. The minimum Gasteiger partial charge on any atom is -0.480 e. The molecule has 0 atom stereocenters. The van der Waals surface area contributed by atoms with Gasteiger partial charge in [-0.15, -0.1) is 0 Å². The van der Waals surface area contributed by atoms with Gasteiger partial charge in [0.25, 0.3) is 0 Å². The number of benzene rings is 1. The zero-order chi connectivity index (χ0) is 29.5. The molecule has 5 rings (SSSR count). The van der Waals surface area contributed by atoms with E-state index >= 15 is 0 Å².